The number of carbonyl (C=O) groups is 1. The summed E-state index contributed by atoms with van der Waals surface area (Å²) in [5.41, 5.74) is 0.892. The summed E-state index contributed by atoms with van der Waals surface area (Å²) >= 11 is 0. The van der Waals surface area contributed by atoms with Crippen LogP contribution in [0.1, 0.15) is 37.8 Å². The minimum Gasteiger partial charge on any atom is -0.491 e. The highest BCUT2D eigenvalue weighted by atomic mass is 16.5. The van der Waals surface area contributed by atoms with Gasteiger partial charge in [0.05, 0.1) is 32.0 Å². The molecule has 3 heterocycles. The molecule has 5 rings (SSSR count). The molecule has 1 amide bonds. The van der Waals surface area contributed by atoms with Gasteiger partial charge in [-0.3, -0.25) is 4.79 Å². The van der Waals surface area contributed by atoms with E-state index in [9.17, 15) is 4.79 Å². The third kappa shape index (κ3) is 2.32. The highest BCUT2D eigenvalue weighted by Gasteiger charge is 2.61. The molecule has 2 aliphatic heterocycles. The van der Waals surface area contributed by atoms with E-state index >= 15 is 0 Å². The van der Waals surface area contributed by atoms with Gasteiger partial charge in [0.25, 0.3) is 0 Å². The van der Waals surface area contributed by atoms with Gasteiger partial charge in [0, 0.05) is 18.9 Å². The SMILES string of the molecule is COc1c(C)ncnc1N1CC2(CNC(=O)C3CC34CCC4)CC1CO2. The molecule has 4 aliphatic rings. The van der Waals surface area contributed by atoms with Gasteiger partial charge in [0.2, 0.25) is 5.91 Å². The minimum atomic E-state index is -0.314. The molecule has 1 aromatic heterocycles. The Kier molecular flexibility index (Phi) is 3.48. The summed E-state index contributed by atoms with van der Waals surface area (Å²) in [5.74, 6) is 2.02. The van der Waals surface area contributed by atoms with E-state index in [1.807, 2.05) is 6.92 Å². The van der Waals surface area contributed by atoms with Crippen molar-refractivity contribution in [2.75, 3.05) is 31.7 Å². The van der Waals surface area contributed by atoms with Gasteiger partial charge < -0.3 is 19.7 Å². The third-order valence-corrected chi connectivity index (χ3v) is 6.97. The van der Waals surface area contributed by atoms with Crippen molar-refractivity contribution in [1.29, 1.82) is 0 Å². The van der Waals surface area contributed by atoms with E-state index in [0.29, 0.717) is 18.6 Å². The molecule has 26 heavy (non-hydrogen) atoms. The fourth-order valence-electron chi connectivity index (χ4n) is 5.16. The van der Waals surface area contributed by atoms with Gasteiger partial charge >= 0.3 is 0 Å². The Bertz CT molecular complexity index is 750. The molecule has 4 fully saturated rings. The molecule has 2 saturated carbocycles. The number of anilines is 1. The fourth-order valence-corrected chi connectivity index (χ4v) is 5.16. The van der Waals surface area contributed by atoms with Crippen LogP contribution in [0.4, 0.5) is 5.82 Å². The average Bonchev–Trinajstić information content (AvgIpc) is 3.13. The van der Waals surface area contributed by atoms with E-state index in [4.69, 9.17) is 9.47 Å². The maximum Gasteiger partial charge on any atom is 0.223 e. The van der Waals surface area contributed by atoms with Crippen LogP contribution < -0.4 is 15.0 Å². The lowest BCUT2D eigenvalue weighted by molar-refractivity contribution is -0.125. The van der Waals surface area contributed by atoms with Gasteiger partial charge in [-0.2, -0.15) is 0 Å². The lowest BCUT2D eigenvalue weighted by Gasteiger charge is -2.34. The molecule has 140 valence electrons. The molecule has 2 bridgehead atoms. The summed E-state index contributed by atoms with van der Waals surface area (Å²) in [4.78, 5) is 23.5. The Balaban J connectivity index is 1.27. The standard InChI is InChI=1S/C19H26N4O3/c1-12-15(25-2)16(22-11-21-12)23-10-19(6-13(23)8-26-19)9-20-17(24)14-7-18(14)4-3-5-18/h11,13-14H,3-10H2,1-2H3,(H,20,24). The van der Waals surface area contributed by atoms with Gasteiger partial charge in [-0.15, -0.1) is 0 Å². The molecular weight excluding hydrogens is 332 g/mol. The topological polar surface area (TPSA) is 76.6 Å². The molecule has 7 nitrogen and oxygen atoms in total. The molecule has 7 heteroatoms. The molecule has 0 radical (unpaired) electrons. The fraction of sp³-hybridized carbons (Fsp3) is 0.737. The van der Waals surface area contributed by atoms with Crippen molar-refractivity contribution < 1.29 is 14.3 Å². The predicted molar refractivity (Wildman–Crippen MR) is 95.2 cm³/mol. The zero-order valence-electron chi connectivity index (χ0n) is 15.5. The number of ether oxygens (including phenoxy) is 2. The molecule has 1 spiro atoms. The number of hydrogen-bond donors (Lipinski definition) is 1. The van der Waals surface area contributed by atoms with Crippen molar-refractivity contribution in [3.63, 3.8) is 0 Å². The molecule has 3 unspecified atom stereocenters. The number of aryl methyl sites for hydroxylation is 1. The van der Waals surface area contributed by atoms with E-state index < -0.39 is 0 Å². The number of nitrogens with zero attached hydrogens (tertiary/aromatic N) is 3. The lowest BCUT2D eigenvalue weighted by atomic mass is 9.79. The molecule has 2 saturated heterocycles. The van der Waals surface area contributed by atoms with Crippen molar-refractivity contribution >= 4 is 11.7 Å². The molecule has 1 aromatic rings. The maximum atomic E-state index is 12.5. The number of rotatable bonds is 5. The number of carbonyl (C=O) groups excluding carboxylic acids is 1. The van der Waals surface area contributed by atoms with Gasteiger partial charge in [0.15, 0.2) is 11.6 Å². The van der Waals surface area contributed by atoms with Crippen LogP contribution in [0.2, 0.25) is 0 Å². The van der Waals surface area contributed by atoms with E-state index in [0.717, 1.165) is 36.6 Å². The molecular formula is C19H26N4O3. The third-order valence-electron chi connectivity index (χ3n) is 6.97. The number of nitrogens with one attached hydrogen (secondary N) is 1. The zero-order chi connectivity index (χ0) is 17.9. The molecule has 2 aliphatic carbocycles. The summed E-state index contributed by atoms with van der Waals surface area (Å²) in [5, 5.41) is 3.19. The summed E-state index contributed by atoms with van der Waals surface area (Å²) in [6, 6.07) is 0.272. The van der Waals surface area contributed by atoms with Gasteiger partial charge in [-0.1, -0.05) is 6.42 Å². The molecule has 0 aromatic carbocycles. The number of aromatic nitrogens is 2. The maximum absolute atomic E-state index is 12.5. The summed E-state index contributed by atoms with van der Waals surface area (Å²) in [7, 11) is 1.65. The van der Waals surface area contributed by atoms with Crippen LogP contribution in [0.5, 0.6) is 5.75 Å². The number of amides is 1. The number of morpholine rings is 1. The highest BCUT2D eigenvalue weighted by molar-refractivity contribution is 5.83. The van der Waals surface area contributed by atoms with Crippen LogP contribution in [0.3, 0.4) is 0 Å². The van der Waals surface area contributed by atoms with Crippen LogP contribution in [0, 0.1) is 18.3 Å². The Morgan fingerprint density at radius 1 is 1.42 bits per heavy atom. The Morgan fingerprint density at radius 3 is 2.96 bits per heavy atom. The van der Waals surface area contributed by atoms with E-state index in [-0.39, 0.29) is 23.5 Å². The first-order chi connectivity index (χ1) is 12.6. The number of methoxy groups -OCH3 is 1. The second kappa shape index (κ2) is 5.55. The largest absolute Gasteiger partial charge is 0.491 e. The molecule has 3 atom stereocenters. The Labute approximate surface area is 153 Å². The van der Waals surface area contributed by atoms with E-state index in [2.05, 4.69) is 20.2 Å². The van der Waals surface area contributed by atoms with Crippen LogP contribution >= 0.6 is 0 Å². The Morgan fingerprint density at radius 2 is 2.27 bits per heavy atom. The smallest absolute Gasteiger partial charge is 0.223 e. The predicted octanol–water partition coefficient (Wildman–Crippen LogP) is 1.45. The van der Waals surface area contributed by atoms with Crippen molar-refractivity contribution in [3.8, 4) is 5.75 Å². The first-order valence-corrected chi connectivity index (χ1v) is 9.60. The molecule has 1 N–H and O–H groups in total. The quantitative estimate of drug-likeness (QED) is 0.858. The number of fused-ring (bicyclic) bond motifs is 2. The van der Waals surface area contributed by atoms with Gasteiger partial charge in [-0.05, 0) is 31.6 Å². The monoisotopic (exact) mass is 358 g/mol. The normalized spacial score (nSPS) is 33.2. The lowest BCUT2D eigenvalue weighted by Crippen LogP contribution is -2.50. The van der Waals surface area contributed by atoms with Crippen molar-refractivity contribution in [2.45, 2.75) is 50.7 Å². The summed E-state index contributed by atoms with van der Waals surface area (Å²) in [6.45, 7) is 3.89. The van der Waals surface area contributed by atoms with Gasteiger partial charge in [0.1, 0.15) is 11.9 Å². The second-order valence-electron chi connectivity index (χ2n) is 8.49. The Hall–Kier alpha value is -1.89. The van der Waals surface area contributed by atoms with Crippen LogP contribution in [-0.2, 0) is 9.53 Å². The minimum absolute atomic E-state index is 0.222. The summed E-state index contributed by atoms with van der Waals surface area (Å²) in [6.07, 6.45) is 7.33. The van der Waals surface area contributed by atoms with Crippen molar-refractivity contribution in [2.24, 2.45) is 11.3 Å². The van der Waals surface area contributed by atoms with Crippen LogP contribution in [-0.4, -0.2) is 54.3 Å². The van der Waals surface area contributed by atoms with Crippen molar-refractivity contribution in [3.05, 3.63) is 12.0 Å². The first-order valence-electron chi connectivity index (χ1n) is 9.60. The summed E-state index contributed by atoms with van der Waals surface area (Å²) < 4.78 is 11.6. The average molecular weight is 358 g/mol. The highest BCUT2D eigenvalue weighted by Crippen LogP contribution is 2.65. The van der Waals surface area contributed by atoms with E-state index in [1.54, 1.807) is 13.4 Å². The number of hydrogen-bond acceptors (Lipinski definition) is 6. The zero-order valence-corrected chi connectivity index (χ0v) is 15.5. The second-order valence-corrected chi connectivity index (χ2v) is 8.49. The van der Waals surface area contributed by atoms with Gasteiger partial charge in [-0.25, -0.2) is 9.97 Å². The van der Waals surface area contributed by atoms with E-state index in [1.165, 1.54) is 19.3 Å². The first kappa shape index (κ1) is 16.3. The van der Waals surface area contributed by atoms with Crippen LogP contribution in [0.15, 0.2) is 6.33 Å². The van der Waals surface area contributed by atoms with Crippen LogP contribution in [0.25, 0.3) is 0 Å². The van der Waals surface area contributed by atoms with Crippen molar-refractivity contribution in [1.82, 2.24) is 15.3 Å².